The molecule has 0 unspecified atom stereocenters. The van der Waals surface area contributed by atoms with Crippen molar-refractivity contribution in [3.63, 3.8) is 0 Å². The summed E-state index contributed by atoms with van der Waals surface area (Å²) < 4.78 is 6.04. The van der Waals surface area contributed by atoms with Crippen molar-refractivity contribution in [2.75, 3.05) is 5.32 Å². The molecule has 2 aromatic heterocycles. The monoisotopic (exact) mass is 352 g/mol. The van der Waals surface area contributed by atoms with Gasteiger partial charge >= 0.3 is 0 Å². The molecule has 0 spiro atoms. The van der Waals surface area contributed by atoms with E-state index in [0.717, 1.165) is 37.2 Å². The smallest absolute Gasteiger partial charge is 0.210 e. The van der Waals surface area contributed by atoms with E-state index in [2.05, 4.69) is 20.7 Å². The quantitative estimate of drug-likeness (QED) is 0.663. The number of hydrogen-bond acceptors (Lipinski definition) is 7. The lowest BCUT2D eigenvalue weighted by Crippen LogP contribution is -1.92. The topological polar surface area (TPSA) is 63.8 Å². The van der Waals surface area contributed by atoms with Crippen molar-refractivity contribution >= 4 is 45.5 Å². The Labute approximate surface area is 141 Å². The number of nitrogens with zero attached hydrogens (tertiary/aromatic N) is 3. The van der Waals surface area contributed by atoms with Gasteiger partial charge in [-0.05, 0) is 31.5 Å². The van der Waals surface area contributed by atoms with Gasteiger partial charge in [0.15, 0.2) is 4.34 Å². The van der Waals surface area contributed by atoms with Crippen LogP contribution in [0.4, 0.5) is 10.8 Å². The predicted octanol–water partition coefficient (Wildman–Crippen LogP) is 4.83. The number of hydrogen-bond donors (Lipinski definition) is 1. The molecule has 0 aliphatic carbocycles. The van der Waals surface area contributed by atoms with Gasteiger partial charge in [0.1, 0.15) is 5.76 Å². The molecule has 0 amide bonds. The van der Waals surface area contributed by atoms with Gasteiger partial charge in [-0.25, -0.2) is 0 Å². The first-order valence-electron chi connectivity index (χ1n) is 6.52. The highest BCUT2D eigenvalue weighted by molar-refractivity contribution is 8.00. The lowest BCUT2D eigenvalue weighted by molar-refractivity contribution is 0.391. The maximum atomic E-state index is 6.11. The lowest BCUT2D eigenvalue weighted by atomic mass is 10.2. The molecule has 8 heteroatoms. The summed E-state index contributed by atoms with van der Waals surface area (Å²) in [6.07, 6.45) is 0. The Kier molecular flexibility index (Phi) is 4.66. The van der Waals surface area contributed by atoms with Crippen LogP contribution in [0.2, 0.25) is 5.02 Å². The fourth-order valence-electron chi connectivity index (χ4n) is 1.79. The number of nitrogens with one attached hydrogen (secondary N) is 1. The van der Waals surface area contributed by atoms with Gasteiger partial charge in [-0.1, -0.05) is 45.9 Å². The molecule has 3 rings (SSSR count). The van der Waals surface area contributed by atoms with Crippen LogP contribution in [0, 0.1) is 13.8 Å². The van der Waals surface area contributed by atoms with Crippen molar-refractivity contribution < 1.29 is 4.52 Å². The maximum Gasteiger partial charge on any atom is 0.210 e. The number of rotatable bonds is 5. The largest absolute Gasteiger partial charge is 0.360 e. The summed E-state index contributed by atoms with van der Waals surface area (Å²) in [4.78, 5) is 0. The van der Waals surface area contributed by atoms with Crippen LogP contribution in [-0.4, -0.2) is 15.4 Å². The van der Waals surface area contributed by atoms with E-state index >= 15 is 0 Å². The first-order valence-corrected chi connectivity index (χ1v) is 8.70. The fraction of sp³-hybridized carbons (Fsp3) is 0.214. The lowest BCUT2D eigenvalue weighted by Gasteiger charge is -2.06. The van der Waals surface area contributed by atoms with E-state index in [4.69, 9.17) is 16.1 Å². The second-order valence-electron chi connectivity index (χ2n) is 4.63. The first kappa shape index (κ1) is 15.3. The van der Waals surface area contributed by atoms with Gasteiger partial charge in [0, 0.05) is 16.8 Å². The normalized spacial score (nSPS) is 10.9. The van der Waals surface area contributed by atoms with Gasteiger partial charge in [0.2, 0.25) is 5.13 Å². The highest BCUT2D eigenvalue weighted by Crippen LogP contribution is 2.32. The van der Waals surface area contributed by atoms with Crippen molar-refractivity contribution in [1.82, 2.24) is 15.4 Å². The highest BCUT2D eigenvalue weighted by Gasteiger charge is 2.09. The molecule has 0 fully saturated rings. The molecule has 0 aliphatic rings. The van der Waals surface area contributed by atoms with Gasteiger partial charge in [0.05, 0.1) is 11.4 Å². The number of halogens is 1. The van der Waals surface area contributed by atoms with E-state index in [9.17, 15) is 0 Å². The molecule has 114 valence electrons. The zero-order valence-electron chi connectivity index (χ0n) is 12.0. The Balaban J connectivity index is 1.65. The molecular formula is C14H13ClN4OS2. The molecule has 22 heavy (non-hydrogen) atoms. The minimum atomic E-state index is 0.686. The van der Waals surface area contributed by atoms with Gasteiger partial charge in [-0.3, -0.25) is 0 Å². The number of benzene rings is 1. The second-order valence-corrected chi connectivity index (χ2v) is 7.24. The van der Waals surface area contributed by atoms with Crippen LogP contribution in [0.1, 0.15) is 17.0 Å². The molecule has 0 radical (unpaired) electrons. The molecule has 1 aromatic carbocycles. The average molecular weight is 353 g/mol. The van der Waals surface area contributed by atoms with E-state index in [1.807, 2.05) is 38.1 Å². The van der Waals surface area contributed by atoms with Gasteiger partial charge < -0.3 is 9.84 Å². The zero-order valence-corrected chi connectivity index (χ0v) is 14.3. The van der Waals surface area contributed by atoms with Crippen molar-refractivity contribution in [3.8, 4) is 0 Å². The van der Waals surface area contributed by atoms with Crippen LogP contribution in [-0.2, 0) is 5.75 Å². The Morgan fingerprint density at radius 1 is 1.32 bits per heavy atom. The molecular weight excluding hydrogens is 340 g/mol. The molecule has 0 aliphatic heterocycles. The van der Waals surface area contributed by atoms with E-state index in [1.165, 1.54) is 11.3 Å². The minimum Gasteiger partial charge on any atom is -0.360 e. The predicted molar refractivity (Wildman–Crippen MR) is 90.2 cm³/mol. The molecule has 5 nitrogen and oxygen atoms in total. The standard InChI is InChI=1S/C14H13ClN4OS2/c1-8-6-10(20-19-8)7-21-14-18-17-13(22-14)16-12-5-3-4-11(15)9(12)2/h3-6H,7H2,1-2H3,(H,16,17). The zero-order chi connectivity index (χ0) is 15.5. The van der Waals surface area contributed by atoms with E-state index in [-0.39, 0.29) is 0 Å². The van der Waals surface area contributed by atoms with Crippen LogP contribution in [0.15, 0.2) is 33.1 Å². The molecule has 0 atom stereocenters. The number of aromatic nitrogens is 3. The van der Waals surface area contributed by atoms with Crippen LogP contribution in [0.3, 0.4) is 0 Å². The summed E-state index contributed by atoms with van der Waals surface area (Å²) in [6, 6.07) is 7.65. The Morgan fingerprint density at radius 2 is 2.18 bits per heavy atom. The molecule has 0 saturated carbocycles. The Bertz CT molecular complexity index is 787. The molecule has 0 saturated heterocycles. The van der Waals surface area contributed by atoms with Gasteiger partial charge in [-0.2, -0.15) is 0 Å². The number of anilines is 2. The summed E-state index contributed by atoms with van der Waals surface area (Å²) in [5.41, 5.74) is 2.81. The first-order chi connectivity index (χ1) is 10.6. The molecule has 0 bridgehead atoms. The number of aryl methyl sites for hydroxylation is 1. The Morgan fingerprint density at radius 3 is 2.95 bits per heavy atom. The third kappa shape index (κ3) is 3.60. The fourth-order valence-corrected chi connectivity index (χ4v) is 3.61. The van der Waals surface area contributed by atoms with Crippen molar-refractivity contribution in [2.45, 2.75) is 23.9 Å². The molecule has 1 N–H and O–H groups in total. The third-order valence-electron chi connectivity index (χ3n) is 2.93. The van der Waals surface area contributed by atoms with E-state index < -0.39 is 0 Å². The summed E-state index contributed by atoms with van der Waals surface area (Å²) in [5, 5.41) is 16.9. The third-order valence-corrected chi connectivity index (χ3v) is 5.33. The maximum absolute atomic E-state index is 6.11. The van der Waals surface area contributed by atoms with Gasteiger partial charge in [-0.15, -0.1) is 10.2 Å². The number of thioether (sulfide) groups is 1. The summed E-state index contributed by atoms with van der Waals surface area (Å²) >= 11 is 9.18. The highest BCUT2D eigenvalue weighted by atomic mass is 35.5. The Hall–Kier alpha value is -1.57. The van der Waals surface area contributed by atoms with E-state index in [0.29, 0.717) is 5.75 Å². The molecule has 2 heterocycles. The molecule has 3 aromatic rings. The van der Waals surface area contributed by atoms with Crippen molar-refractivity contribution in [3.05, 3.63) is 46.3 Å². The van der Waals surface area contributed by atoms with Gasteiger partial charge in [0.25, 0.3) is 0 Å². The summed E-state index contributed by atoms with van der Waals surface area (Å²) in [5.74, 6) is 1.52. The summed E-state index contributed by atoms with van der Waals surface area (Å²) in [7, 11) is 0. The van der Waals surface area contributed by atoms with Crippen LogP contribution in [0.5, 0.6) is 0 Å². The van der Waals surface area contributed by atoms with Crippen molar-refractivity contribution in [1.29, 1.82) is 0 Å². The van der Waals surface area contributed by atoms with Crippen LogP contribution < -0.4 is 5.32 Å². The van der Waals surface area contributed by atoms with Crippen LogP contribution in [0.25, 0.3) is 0 Å². The van der Waals surface area contributed by atoms with E-state index in [1.54, 1.807) is 11.8 Å². The second kappa shape index (κ2) is 6.68. The minimum absolute atomic E-state index is 0.686. The van der Waals surface area contributed by atoms with Crippen LogP contribution >= 0.6 is 34.7 Å². The summed E-state index contributed by atoms with van der Waals surface area (Å²) in [6.45, 7) is 3.87. The van der Waals surface area contributed by atoms with Crippen molar-refractivity contribution in [2.24, 2.45) is 0 Å². The average Bonchev–Trinajstić information content (AvgIpc) is 3.11. The SMILES string of the molecule is Cc1cc(CSc2nnc(Nc3cccc(Cl)c3C)s2)on1.